The van der Waals surface area contributed by atoms with E-state index < -0.39 is 0 Å². The number of aliphatic hydroxyl groups is 1. The predicted molar refractivity (Wildman–Crippen MR) is 96.0 cm³/mol. The topological polar surface area (TPSA) is 62.5 Å². The van der Waals surface area contributed by atoms with Gasteiger partial charge in [0.2, 0.25) is 0 Å². The molecule has 0 amide bonds. The van der Waals surface area contributed by atoms with Gasteiger partial charge in [0.15, 0.2) is 11.5 Å². The Labute approximate surface area is 143 Å². The third kappa shape index (κ3) is 2.77. The zero-order valence-corrected chi connectivity index (χ0v) is 13.7. The summed E-state index contributed by atoms with van der Waals surface area (Å²) in [6, 6.07) is 12.0. The van der Waals surface area contributed by atoms with E-state index in [1.165, 1.54) is 4.88 Å². The number of aliphatic hydroxyl groups excluding tert-OH is 1. The number of nitrogens with zero attached hydrogens (tertiary/aromatic N) is 3. The number of hydrogen-bond donors (Lipinski definition) is 2. The van der Waals surface area contributed by atoms with Crippen LogP contribution >= 0.6 is 11.3 Å². The molecule has 3 aromatic heterocycles. The molecule has 0 aliphatic rings. The molecule has 6 heteroatoms. The minimum Gasteiger partial charge on any atom is -0.392 e. The van der Waals surface area contributed by atoms with E-state index in [0.29, 0.717) is 0 Å². The summed E-state index contributed by atoms with van der Waals surface area (Å²) in [7, 11) is 0. The number of aromatic nitrogens is 3. The van der Waals surface area contributed by atoms with Crippen LogP contribution in [0.4, 0.5) is 5.82 Å². The minimum atomic E-state index is 0.0275. The smallest absolute Gasteiger partial charge is 0.180 e. The summed E-state index contributed by atoms with van der Waals surface area (Å²) in [4.78, 5) is 10.2. The maximum atomic E-state index is 9.34. The number of fused-ring (bicyclic) bond motifs is 1. The third-order valence-corrected chi connectivity index (χ3v) is 4.72. The predicted octanol–water partition coefficient (Wildman–Crippen LogP) is 3.56. The van der Waals surface area contributed by atoms with Crippen LogP contribution in [-0.4, -0.2) is 19.5 Å². The van der Waals surface area contributed by atoms with Crippen LogP contribution in [0, 0.1) is 0 Å². The van der Waals surface area contributed by atoms with E-state index in [1.807, 2.05) is 47.1 Å². The average Bonchev–Trinajstić information content (AvgIpc) is 3.29. The second kappa shape index (κ2) is 6.43. The summed E-state index contributed by atoms with van der Waals surface area (Å²) < 4.78 is 2.01. The largest absolute Gasteiger partial charge is 0.392 e. The SMILES string of the molecule is OCc1cccc(-c2cnc3c(NCc4cccs4)nccn23)c1. The van der Waals surface area contributed by atoms with Gasteiger partial charge in [0.1, 0.15) is 0 Å². The maximum Gasteiger partial charge on any atom is 0.180 e. The lowest BCUT2D eigenvalue weighted by atomic mass is 10.1. The van der Waals surface area contributed by atoms with Crippen molar-refractivity contribution in [1.29, 1.82) is 0 Å². The van der Waals surface area contributed by atoms with Crippen molar-refractivity contribution in [2.45, 2.75) is 13.2 Å². The molecule has 4 rings (SSSR count). The highest BCUT2D eigenvalue weighted by Gasteiger charge is 2.10. The van der Waals surface area contributed by atoms with E-state index in [2.05, 4.69) is 26.7 Å². The molecule has 0 aliphatic heterocycles. The number of nitrogens with one attached hydrogen (secondary N) is 1. The van der Waals surface area contributed by atoms with Crippen LogP contribution in [0.15, 0.2) is 60.4 Å². The molecule has 0 fully saturated rings. The summed E-state index contributed by atoms with van der Waals surface area (Å²) in [5.41, 5.74) is 3.66. The van der Waals surface area contributed by atoms with Gasteiger partial charge in [0, 0.05) is 22.8 Å². The van der Waals surface area contributed by atoms with Gasteiger partial charge in [-0.2, -0.15) is 0 Å². The Balaban J connectivity index is 1.70. The van der Waals surface area contributed by atoms with Gasteiger partial charge in [0.25, 0.3) is 0 Å². The first-order chi connectivity index (χ1) is 11.8. The molecule has 0 radical (unpaired) electrons. The van der Waals surface area contributed by atoms with Crippen molar-refractivity contribution in [3.05, 3.63) is 70.8 Å². The molecule has 0 saturated heterocycles. The van der Waals surface area contributed by atoms with Crippen LogP contribution in [-0.2, 0) is 13.2 Å². The molecule has 5 nitrogen and oxygen atoms in total. The minimum absolute atomic E-state index is 0.0275. The second-order valence-electron chi connectivity index (χ2n) is 5.40. The summed E-state index contributed by atoms with van der Waals surface area (Å²) in [5, 5.41) is 14.8. The van der Waals surface area contributed by atoms with Crippen molar-refractivity contribution in [1.82, 2.24) is 14.4 Å². The van der Waals surface area contributed by atoms with Crippen LogP contribution in [0.2, 0.25) is 0 Å². The molecule has 0 aliphatic carbocycles. The van der Waals surface area contributed by atoms with E-state index in [0.717, 1.165) is 34.8 Å². The molecule has 0 saturated carbocycles. The Bertz CT molecular complexity index is 962. The zero-order chi connectivity index (χ0) is 16.4. The van der Waals surface area contributed by atoms with Gasteiger partial charge in [0.05, 0.1) is 25.0 Å². The van der Waals surface area contributed by atoms with Crippen LogP contribution < -0.4 is 5.32 Å². The Morgan fingerprint density at radius 3 is 2.96 bits per heavy atom. The molecule has 120 valence electrons. The van der Waals surface area contributed by atoms with Crippen molar-refractivity contribution in [3.63, 3.8) is 0 Å². The monoisotopic (exact) mass is 336 g/mol. The van der Waals surface area contributed by atoms with Crippen LogP contribution in [0.5, 0.6) is 0 Å². The maximum absolute atomic E-state index is 9.34. The highest BCUT2D eigenvalue weighted by Crippen LogP contribution is 2.24. The quantitative estimate of drug-likeness (QED) is 0.585. The van der Waals surface area contributed by atoms with Crippen molar-refractivity contribution in [3.8, 4) is 11.3 Å². The Hall–Kier alpha value is -2.70. The second-order valence-corrected chi connectivity index (χ2v) is 6.44. The van der Waals surface area contributed by atoms with Gasteiger partial charge >= 0.3 is 0 Å². The number of hydrogen-bond acceptors (Lipinski definition) is 5. The highest BCUT2D eigenvalue weighted by atomic mass is 32.1. The summed E-state index contributed by atoms with van der Waals surface area (Å²) >= 11 is 1.71. The number of rotatable bonds is 5. The lowest BCUT2D eigenvalue weighted by Crippen LogP contribution is -2.02. The average molecular weight is 336 g/mol. The zero-order valence-electron chi connectivity index (χ0n) is 12.9. The van der Waals surface area contributed by atoms with Crippen molar-refractivity contribution in [2.24, 2.45) is 0 Å². The van der Waals surface area contributed by atoms with Gasteiger partial charge in [-0.1, -0.05) is 24.3 Å². The van der Waals surface area contributed by atoms with E-state index in [-0.39, 0.29) is 6.61 Å². The van der Waals surface area contributed by atoms with E-state index in [9.17, 15) is 5.11 Å². The molecule has 1 aromatic carbocycles. The van der Waals surface area contributed by atoms with E-state index >= 15 is 0 Å². The summed E-state index contributed by atoms with van der Waals surface area (Å²) in [6.07, 6.45) is 5.51. The number of thiophene rings is 1. The first kappa shape index (κ1) is 14.9. The molecule has 24 heavy (non-hydrogen) atoms. The lowest BCUT2D eigenvalue weighted by molar-refractivity contribution is 0.282. The fourth-order valence-corrected chi connectivity index (χ4v) is 3.32. The number of imidazole rings is 1. The molecule has 0 atom stereocenters. The lowest BCUT2D eigenvalue weighted by Gasteiger charge is -2.07. The molecular weight excluding hydrogens is 320 g/mol. The van der Waals surface area contributed by atoms with Crippen molar-refractivity contribution >= 4 is 22.8 Å². The first-order valence-corrected chi connectivity index (χ1v) is 8.51. The van der Waals surface area contributed by atoms with Crippen LogP contribution in [0.1, 0.15) is 10.4 Å². The van der Waals surface area contributed by atoms with E-state index in [4.69, 9.17) is 0 Å². The van der Waals surface area contributed by atoms with Gasteiger partial charge in [-0.05, 0) is 23.1 Å². The fraction of sp³-hybridized carbons (Fsp3) is 0.111. The van der Waals surface area contributed by atoms with Gasteiger partial charge in [-0.3, -0.25) is 4.40 Å². The summed E-state index contributed by atoms with van der Waals surface area (Å²) in [5.74, 6) is 0.760. The molecule has 0 bridgehead atoms. The number of benzene rings is 1. The Morgan fingerprint density at radius 2 is 2.12 bits per heavy atom. The normalized spacial score (nSPS) is 11.0. The number of anilines is 1. The molecule has 0 unspecified atom stereocenters. The van der Waals surface area contributed by atoms with Crippen LogP contribution in [0.3, 0.4) is 0 Å². The van der Waals surface area contributed by atoms with Crippen molar-refractivity contribution < 1.29 is 5.11 Å². The Morgan fingerprint density at radius 1 is 1.17 bits per heavy atom. The molecule has 2 N–H and O–H groups in total. The first-order valence-electron chi connectivity index (χ1n) is 7.63. The molecule has 4 aromatic rings. The van der Waals surface area contributed by atoms with Gasteiger partial charge in [-0.15, -0.1) is 11.3 Å². The fourth-order valence-electron chi connectivity index (χ4n) is 2.67. The van der Waals surface area contributed by atoms with Gasteiger partial charge in [-0.25, -0.2) is 9.97 Å². The molecule has 0 spiro atoms. The van der Waals surface area contributed by atoms with Gasteiger partial charge < -0.3 is 10.4 Å². The van der Waals surface area contributed by atoms with E-state index in [1.54, 1.807) is 17.5 Å². The van der Waals surface area contributed by atoms with Crippen molar-refractivity contribution in [2.75, 3.05) is 5.32 Å². The Kier molecular flexibility index (Phi) is 3.98. The standard InChI is InChI=1S/C18H16N4OS/c23-12-13-3-1-4-14(9-13)16-11-21-18-17(19-6-7-22(16)18)20-10-15-5-2-8-24-15/h1-9,11,23H,10,12H2,(H,19,20). The molecular formula is C18H16N4OS. The van der Waals surface area contributed by atoms with Crippen LogP contribution in [0.25, 0.3) is 16.9 Å². The highest BCUT2D eigenvalue weighted by molar-refractivity contribution is 7.09. The summed E-state index contributed by atoms with van der Waals surface area (Å²) in [6.45, 7) is 0.756. The molecule has 3 heterocycles. The third-order valence-electron chi connectivity index (χ3n) is 3.84.